The lowest BCUT2D eigenvalue weighted by Crippen LogP contribution is -1.91. The van der Waals surface area contributed by atoms with Crippen molar-refractivity contribution in [2.75, 3.05) is 0 Å². The van der Waals surface area contributed by atoms with E-state index in [-0.39, 0.29) is 46.1 Å². The average molecular weight is 503 g/mol. The van der Waals surface area contributed by atoms with Gasteiger partial charge in [0.1, 0.15) is 11.2 Å². The molecule has 0 N–H and O–H groups in total. The average Bonchev–Trinajstić information content (AvgIpc) is 3.48. The van der Waals surface area contributed by atoms with Gasteiger partial charge in [-0.1, -0.05) is 127 Å². The molecule has 0 aliphatic heterocycles. The topological polar surface area (TPSA) is 13.1 Å². The first-order valence-corrected chi connectivity index (χ1v) is 12.9. The fraction of sp³-hybridized carbons (Fsp3) is 0. The molecule has 0 aliphatic carbocycles. The fourth-order valence-electron chi connectivity index (χ4n) is 5.70. The van der Waals surface area contributed by atoms with Crippen LogP contribution in [0, 0.1) is 0 Å². The molecule has 0 amide bonds. The highest BCUT2D eigenvalue weighted by atomic mass is 16.3. The highest BCUT2D eigenvalue weighted by molar-refractivity contribution is 6.22. The lowest BCUT2D eigenvalue weighted by molar-refractivity contribution is 0.670. The van der Waals surface area contributed by atoms with E-state index in [0.29, 0.717) is 16.7 Å². The van der Waals surface area contributed by atoms with E-state index < -0.39 is 12.1 Å². The van der Waals surface area contributed by atoms with E-state index in [4.69, 9.17) is 9.90 Å². The molecule has 0 radical (unpaired) electrons. The molecule has 0 unspecified atom stereocenters. The van der Waals surface area contributed by atoms with Crippen molar-refractivity contribution in [3.05, 3.63) is 145 Å². The first-order valence-electron chi connectivity index (χ1n) is 15.9. The van der Waals surface area contributed by atoms with Gasteiger partial charge in [-0.3, -0.25) is 0 Å². The minimum absolute atomic E-state index is 0.0128. The molecule has 0 fully saturated rings. The van der Waals surface area contributed by atoms with E-state index in [1.165, 1.54) is 0 Å². The summed E-state index contributed by atoms with van der Waals surface area (Å²) in [6.45, 7) is 0. The second-order valence-electron chi connectivity index (χ2n) is 9.58. The Morgan fingerprint density at radius 2 is 0.949 bits per heavy atom. The van der Waals surface area contributed by atoms with Crippen LogP contribution in [0.15, 0.2) is 150 Å². The van der Waals surface area contributed by atoms with Crippen molar-refractivity contribution >= 4 is 43.5 Å². The number of furan rings is 1. The van der Waals surface area contributed by atoms with Gasteiger partial charge in [-0.25, -0.2) is 0 Å². The summed E-state index contributed by atoms with van der Waals surface area (Å²) in [5, 5.41) is 4.14. The summed E-state index contributed by atoms with van der Waals surface area (Å²) in [5.74, 6) is 0. The van der Waals surface area contributed by atoms with Crippen LogP contribution < -0.4 is 0 Å². The largest absolute Gasteiger partial charge is 0.455 e. The van der Waals surface area contributed by atoms with Crippen LogP contribution in [0.1, 0.15) is 8.22 Å². The van der Waals surface area contributed by atoms with Crippen molar-refractivity contribution in [2.45, 2.75) is 0 Å². The minimum atomic E-state index is -0.404. The Kier molecular flexibility index (Phi) is 3.72. The molecule has 8 rings (SSSR count). The maximum absolute atomic E-state index is 9.73. The van der Waals surface area contributed by atoms with Gasteiger partial charge in [0, 0.05) is 16.3 Å². The van der Waals surface area contributed by atoms with E-state index in [0.717, 1.165) is 38.2 Å². The Hall–Kier alpha value is -5.14. The van der Waals surface area contributed by atoms with Crippen LogP contribution in [0.2, 0.25) is 0 Å². The second-order valence-corrected chi connectivity index (χ2v) is 9.58. The van der Waals surface area contributed by atoms with E-state index >= 15 is 0 Å². The lowest BCUT2D eigenvalue weighted by Gasteiger charge is -2.18. The van der Waals surface area contributed by atoms with Crippen molar-refractivity contribution in [2.24, 2.45) is 0 Å². The number of hydrogen-bond acceptors (Lipinski definition) is 1. The number of para-hydroxylation sites is 1. The van der Waals surface area contributed by atoms with Gasteiger partial charge in [0.25, 0.3) is 0 Å². The van der Waals surface area contributed by atoms with E-state index in [1.807, 2.05) is 84.9 Å². The van der Waals surface area contributed by atoms with Crippen LogP contribution in [-0.2, 0) is 0 Å². The maximum atomic E-state index is 9.73. The zero-order valence-corrected chi connectivity index (χ0v) is 20.8. The Morgan fingerprint density at radius 1 is 0.436 bits per heavy atom. The lowest BCUT2D eigenvalue weighted by atomic mass is 9.85. The molecule has 7 aromatic carbocycles. The first kappa shape index (κ1) is 16.7. The molecule has 0 aliphatic rings. The molecule has 0 bridgehead atoms. The van der Waals surface area contributed by atoms with E-state index in [1.54, 1.807) is 0 Å². The molecule has 1 nitrogen and oxygen atoms in total. The van der Waals surface area contributed by atoms with E-state index in [2.05, 4.69) is 24.3 Å². The summed E-state index contributed by atoms with van der Waals surface area (Å²) in [4.78, 5) is 0. The van der Waals surface area contributed by atoms with Crippen LogP contribution in [0.4, 0.5) is 0 Å². The molecule has 0 saturated carbocycles. The number of rotatable bonds is 3. The van der Waals surface area contributed by atoms with Crippen LogP contribution in [0.25, 0.3) is 76.9 Å². The SMILES string of the molecule is [2H]c1c([2H])c([2H])c2c(oc3c(-c4ccccc4)c([2H])c(-c4c5ccccc5c(-c5ccccc5)c5ccccc45)c([2H])c32)c1[2H]. The summed E-state index contributed by atoms with van der Waals surface area (Å²) < 4.78 is 59.8. The maximum Gasteiger partial charge on any atom is 0.143 e. The second kappa shape index (κ2) is 8.72. The number of benzene rings is 7. The molecule has 1 aromatic heterocycles. The summed E-state index contributed by atoms with van der Waals surface area (Å²) in [7, 11) is 0. The van der Waals surface area contributed by atoms with Gasteiger partial charge >= 0.3 is 0 Å². The quantitative estimate of drug-likeness (QED) is 0.219. The highest BCUT2D eigenvalue weighted by Gasteiger charge is 2.20. The molecule has 1 heteroatoms. The van der Waals surface area contributed by atoms with Gasteiger partial charge in [-0.15, -0.1) is 0 Å². The molecular formula is C38H24O. The van der Waals surface area contributed by atoms with Crippen LogP contribution >= 0.6 is 0 Å². The fourth-order valence-corrected chi connectivity index (χ4v) is 5.70. The predicted molar refractivity (Wildman–Crippen MR) is 165 cm³/mol. The Labute approximate surface area is 235 Å². The van der Waals surface area contributed by atoms with Gasteiger partial charge in [0.05, 0.1) is 8.22 Å². The standard InChI is InChI=1S/C38H24O/c1-3-13-25(14-4-1)33-23-27(24-34-28-17-11-12-22-35(28)39-38(33)34)37-31-20-9-7-18-29(31)36(26-15-5-2-6-16-26)30-19-8-10-21-32(30)37/h1-24H/i11D,12D,17D,22D,23D,24D. The summed E-state index contributed by atoms with van der Waals surface area (Å²) in [5.41, 5.74) is 4.54. The van der Waals surface area contributed by atoms with Gasteiger partial charge in [0.15, 0.2) is 0 Å². The highest BCUT2D eigenvalue weighted by Crippen LogP contribution is 2.46. The van der Waals surface area contributed by atoms with Crippen molar-refractivity contribution in [1.82, 2.24) is 0 Å². The summed E-state index contributed by atoms with van der Waals surface area (Å²) in [6, 6.07) is 34.4. The normalized spacial score (nSPS) is 13.7. The van der Waals surface area contributed by atoms with Gasteiger partial charge < -0.3 is 4.42 Å². The zero-order chi connectivity index (χ0) is 31.0. The van der Waals surface area contributed by atoms with Crippen molar-refractivity contribution < 1.29 is 12.6 Å². The van der Waals surface area contributed by atoms with Crippen molar-refractivity contribution in [1.29, 1.82) is 0 Å². The van der Waals surface area contributed by atoms with Gasteiger partial charge in [-0.05, 0) is 67.5 Å². The molecular weight excluding hydrogens is 472 g/mol. The molecule has 0 saturated heterocycles. The third-order valence-corrected chi connectivity index (χ3v) is 7.37. The van der Waals surface area contributed by atoms with Crippen molar-refractivity contribution in [3.63, 3.8) is 0 Å². The van der Waals surface area contributed by atoms with Crippen molar-refractivity contribution in [3.8, 4) is 33.4 Å². The van der Waals surface area contributed by atoms with Crippen LogP contribution in [0.3, 0.4) is 0 Å². The third kappa shape index (κ3) is 3.41. The smallest absolute Gasteiger partial charge is 0.143 e. The molecule has 8 aromatic rings. The monoisotopic (exact) mass is 502 g/mol. The molecule has 39 heavy (non-hydrogen) atoms. The van der Waals surface area contributed by atoms with E-state index in [9.17, 15) is 2.74 Å². The Bertz CT molecular complexity index is 2430. The number of fused-ring (bicyclic) bond motifs is 5. The van der Waals surface area contributed by atoms with Crippen LogP contribution in [-0.4, -0.2) is 0 Å². The third-order valence-electron chi connectivity index (χ3n) is 7.37. The Balaban J connectivity index is 1.64. The molecule has 1 heterocycles. The Morgan fingerprint density at radius 3 is 1.56 bits per heavy atom. The first-order chi connectivity index (χ1) is 21.9. The molecule has 0 spiro atoms. The summed E-state index contributed by atoms with van der Waals surface area (Å²) in [6.07, 6.45) is 0. The predicted octanol–water partition coefficient (Wildman–Crippen LogP) is 10.9. The van der Waals surface area contributed by atoms with Crippen LogP contribution in [0.5, 0.6) is 0 Å². The van der Waals surface area contributed by atoms with Gasteiger partial charge in [0.2, 0.25) is 0 Å². The summed E-state index contributed by atoms with van der Waals surface area (Å²) >= 11 is 0. The zero-order valence-electron chi connectivity index (χ0n) is 26.8. The molecule has 0 atom stereocenters. The number of hydrogen-bond donors (Lipinski definition) is 0. The minimum Gasteiger partial charge on any atom is -0.455 e. The molecule has 182 valence electrons. The van der Waals surface area contributed by atoms with Gasteiger partial charge in [-0.2, -0.15) is 0 Å².